The molecule has 1 aliphatic heterocycles. The van der Waals surface area contributed by atoms with Gasteiger partial charge < -0.3 is 10.2 Å². The molecule has 1 aliphatic rings. The summed E-state index contributed by atoms with van der Waals surface area (Å²) in [6.45, 7) is 7.23. The Morgan fingerprint density at radius 2 is 2.10 bits per heavy atom. The van der Waals surface area contributed by atoms with E-state index in [1.165, 1.54) is 12.0 Å². The van der Waals surface area contributed by atoms with Gasteiger partial charge in [-0.3, -0.25) is 4.79 Å². The van der Waals surface area contributed by atoms with Crippen LogP contribution in [0.4, 0.5) is 0 Å². The van der Waals surface area contributed by atoms with Crippen molar-refractivity contribution in [2.24, 2.45) is 5.92 Å². The molecule has 1 aromatic heterocycles. The highest BCUT2D eigenvalue weighted by Crippen LogP contribution is 2.28. The van der Waals surface area contributed by atoms with Crippen LogP contribution in [0.25, 0.3) is 0 Å². The summed E-state index contributed by atoms with van der Waals surface area (Å²) in [5, 5.41) is 5.26. The fourth-order valence-electron chi connectivity index (χ4n) is 2.86. The van der Waals surface area contributed by atoms with Crippen molar-refractivity contribution >= 4 is 29.7 Å². The molecule has 120 valence electrons. The standard InChI is InChI=1S/C16H26N2OS.ClH/c1-12(2)14-7-11-20-15(14)16(19)18-9-5-13(6-10-18)4-8-17-3;/h7,11-13,17H,4-6,8-10H2,1-3H3;1H. The SMILES string of the molecule is CNCCC1CCN(C(=O)c2sccc2C(C)C)CC1.Cl. The van der Waals surface area contributed by atoms with Crippen molar-refractivity contribution in [1.82, 2.24) is 10.2 Å². The number of likely N-dealkylation sites (tertiary alicyclic amines) is 1. The summed E-state index contributed by atoms with van der Waals surface area (Å²) in [7, 11) is 2.00. The van der Waals surface area contributed by atoms with E-state index in [1.54, 1.807) is 11.3 Å². The number of thiophene rings is 1. The highest BCUT2D eigenvalue weighted by Gasteiger charge is 2.25. The minimum Gasteiger partial charge on any atom is -0.338 e. The van der Waals surface area contributed by atoms with Gasteiger partial charge in [0.05, 0.1) is 4.88 Å². The van der Waals surface area contributed by atoms with Crippen molar-refractivity contribution in [3.63, 3.8) is 0 Å². The molecule has 0 aliphatic carbocycles. The molecule has 0 atom stereocenters. The van der Waals surface area contributed by atoms with E-state index in [9.17, 15) is 4.79 Å². The number of carbonyl (C=O) groups is 1. The van der Waals surface area contributed by atoms with Gasteiger partial charge in [0.1, 0.15) is 0 Å². The van der Waals surface area contributed by atoms with E-state index in [-0.39, 0.29) is 18.3 Å². The third kappa shape index (κ3) is 4.70. The van der Waals surface area contributed by atoms with Crippen LogP contribution in [0.2, 0.25) is 0 Å². The first-order valence-corrected chi connectivity index (χ1v) is 8.52. The van der Waals surface area contributed by atoms with E-state index in [1.807, 2.05) is 17.3 Å². The van der Waals surface area contributed by atoms with E-state index >= 15 is 0 Å². The van der Waals surface area contributed by atoms with Crippen molar-refractivity contribution in [1.29, 1.82) is 0 Å². The first kappa shape index (κ1) is 18.5. The molecule has 1 aromatic rings. The maximum absolute atomic E-state index is 12.6. The number of halogens is 1. The summed E-state index contributed by atoms with van der Waals surface area (Å²) in [6.07, 6.45) is 3.53. The lowest BCUT2D eigenvalue weighted by Gasteiger charge is -2.32. The molecule has 21 heavy (non-hydrogen) atoms. The highest BCUT2D eigenvalue weighted by atomic mass is 35.5. The normalized spacial score (nSPS) is 16.1. The van der Waals surface area contributed by atoms with Gasteiger partial charge in [-0.1, -0.05) is 13.8 Å². The van der Waals surface area contributed by atoms with Gasteiger partial charge in [0.25, 0.3) is 5.91 Å². The monoisotopic (exact) mass is 330 g/mol. The van der Waals surface area contributed by atoms with Gasteiger partial charge in [-0.25, -0.2) is 0 Å². The Morgan fingerprint density at radius 3 is 2.67 bits per heavy atom. The van der Waals surface area contributed by atoms with Crippen LogP contribution in [-0.2, 0) is 0 Å². The Morgan fingerprint density at radius 1 is 1.43 bits per heavy atom. The summed E-state index contributed by atoms with van der Waals surface area (Å²) >= 11 is 1.59. The highest BCUT2D eigenvalue weighted by molar-refractivity contribution is 7.12. The largest absolute Gasteiger partial charge is 0.338 e. The molecule has 0 spiro atoms. The number of hydrogen-bond donors (Lipinski definition) is 1. The van der Waals surface area contributed by atoms with Gasteiger partial charge in [0.15, 0.2) is 0 Å². The molecule has 0 unspecified atom stereocenters. The average Bonchev–Trinajstić information content (AvgIpc) is 2.94. The van der Waals surface area contributed by atoms with E-state index in [0.29, 0.717) is 5.92 Å². The molecule has 1 saturated heterocycles. The van der Waals surface area contributed by atoms with Gasteiger partial charge in [0, 0.05) is 13.1 Å². The molecule has 5 heteroatoms. The third-order valence-electron chi connectivity index (χ3n) is 4.22. The zero-order chi connectivity index (χ0) is 14.5. The zero-order valence-electron chi connectivity index (χ0n) is 13.2. The van der Waals surface area contributed by atoms with Crippen LogP contribution in [0.1, 0.15) is 54.3 Å². The molecule has 0 saturated carbocycles. The Kier molecular flexibility index (Phi) is 7.71. The minimum absolute atomic E-state index is 0. The second kappa shape index (κ2) is 8.76. The molecule has 2 rings (SSSR count). The van der Waals surface area contributed by atoms with Crippen LogP contribution in [-0.4, -0.2) is 37.5 Å². The lowest BCUT2D eigenvalue weighted by atomic mass is 9.93. The van der Waals surface area contributed by atoms with Crippen LogP contribution in [0.3, 0.4) is 0 Å². The molecular formula is C16H27ClN2OS. The van der Waals surface area contributed by atoms with E-state index in [4.69, 9.17) is 0 Å². The van der Waals surface area contributed by atoms with Crippen LogP contribution >= 0.6 is 23.7 Å². The van der Waals surface area contributed by atoms with Gasteiger partial charge in [0.2, 0.25) is 0 Å². The van der Waals surface area contributed by atoms with Crippen LogP contribution in [0.5, 0.6) is 0 Å². The molecule has 0 bridgehead atoms. The lowest BCUT2D eigenvalue weighted by molar-refractivity contribution is 0.0690. The van der Waals surface area contributed by atoms with Crippen LogP contribution in [0, 0.1) is 5.92 Å². The topological polar surface area (TPSA) is 32.3 Å². The smallest absolute Gasteiger partial charge is 0.264 e. The lowest BCUT2D eigenvalue weighted by Crippen LogP contribution is -2.39. The summed E-state index contributed by atoms with van der Waals surface area (Å²) in [4.78, 5) is 15.6. The number of amides is 1. The molecule has 3 nitrogen and oxygen atoms in total. The van der Waals surface area contributed by atoms with Crippen LogP contribution in [0.15, 0.2) is 11.4 Å². The molecular weight excluding hydrogens is 304 g/mol. The number of rotatable bonds is 5. The Labute approximate surface area is 138 Å². The fourth-order valence-corrected chi connectivity index (χ4v) is 3.88. The van der Waals surface area contributed by atoms with Gasteiger partial charge in [-0.05, 0) is 61.7 Å². The molecule has 1 N–H and O–H groups in total. The molecule has 2 heterocycles. The Hall–Kier alpha value is -0.580. The quantitative estimate of drug-likeness (QED) is 0.891. The predicted octanol–water partition coefficient (Wildman–Crippen LogP) is 3.76. The number of hydrogen-bond acceptors (Lipinski definition) is 3. The van der Waals surface area contributed by atoms with Crippen LogP contribution < -0.4 is 5.32 Å². The van der Waals surface area contributed by atoms with E-state index < -0.39 is 0 Å². The number of carbonyl (C=O) groups excluding carboxylic acids is 1. The summed E-state index contributed by atoms with van der Waals surface area (Å²) in [6, 6.07) is 2.10. The first-order valence-electron chi connectivity index (χ1n) is 7.64. The Bertz CT molecular complexity index is 439. The van der Waals surface area contributed by atoms with Crippen molar-refractivity contribution in [3.05, 3.63) is 21.9 Å². The first-order chi connectivity index (χ1) is 9.63. The summed E-state index contributed by atoms with van der Waals surface area (Å²) in [5.41, 5.74) is 1.21. The Balaban J connectivity index is 0.00000220. The van der Waals surface area contributed by atoms with E-state index in [2.05, 4.69) is 25.2 Å². The predicted molar refractivity (Wildman–Crippen MR) is 92.8 cm³/mol. The third-order valence-corrected chi connectivity index (χ3v) is 5.13. The van der Waals surface area contributed by atoms with Gasteiger partial charge in [-0.2, -0.15) is 0 Å². The zero-order valence-corrected chi connectivity index (χ0v) is 14.9. The van der Waals surface area contributed by atoms with Crippen molar-refractivity contribution in [2.75, 3.05) is 26.7 Å². The number of piperidine rings is 1. The minimum atomic E-state index is 0. The van der Waals surface area contributed by atoms with Crippen molar-refractivity contribution in [3.8, 4) is 0 Å². The molecule has 1 fully saturated rings. The number of nitrogens with one attached hydrogen (secondary N) is 1. The second-order valence-corrected chi connectivity index (χ2v) is 6.90. The summed E-state index contributed by atoms with van der Waals surface area (Å²) < 4.78 is 0. The average molecular weight is 331 g/mol. The summed E-state index contributed by atoms with van der Waals surface area (Å²) in [5.74, 6) is 1.45. The van der Waals surface area contributed by atoms with E-state index in [0.717, 1.165) is 43.3 Å². The van der Waals surface area contributed by atoms with Gasteiger partial charge in [-0.15, -0.1) is 23.7 Å². The molecule has 0 radical (unpaired) electrons. The van der Waals surface area contributed by atoms with Crippen molar-refractivity contribution in [2.45, 2.75) is 39.0 Å². The second-order valence-electron chi connectivity index (χ2n) is 5.99. The fraction of sp³-hybridized carbons (Fsp3) is 0.688. The van der Waals surface area contributed by atoms with Gasteiger partial charge >= 0.3 is 0 Å². The number of nitrogens with zero attached hydrogens (tertiary/aromatic N) is 1. The maximum atomic E-state index is 12.6. The molecule has 1 amide bonds. The molecule has 0 aromatic carbocycles. The van der Waals surface area contributed by atoms with Crippen molar-refractivity contribution < 1.29 is 4.79 Å². The maximum Gasteiger partial charge on any atom is 0.264 e.